The molecule has 0 amide bonds. The first-order chi connectivity index (χ1) is 16.1. The number of ether oxygens (including phenoxy) is 2. The molecule has 1 N–H and O–H groups in total. The molecule has 168 valence electrons. The van der Waals surface area contributed by atoms with Crippen LogP contribution >= 0.6 is 0 Å². The van der Waals surface area contributed by atoms with Gasteiger partial charge in [-0.25, -0.2) is 9.69 Å². The third-order valence-electron chi connectivity index (χ3n) is 6.26. The van der Waals surface area contributed by atoms with Crippen molar-refractivity contribution >= 4 is 11.9 Å². The van der Waals surface area contributed by atoms with E-state index in [1.54, 1.807) is 12.1 Å². The zero-order valence-corrected chi connectivity index (χ0v) is 18.2. The summed E-state index contributed by atoms with van der Waals surface area (Å²) < 4.78 is 11.9. The number of hydrogen-bond acceptors (Lipinski definition) is 6. The fourth-order valence-corrected chi connectivity index (χ4v) is 4.86. The quantitative estimate of drug-likeness (QED) is 0.468. The van der Waals surface area contributed by atoms with Gasteiger partial charge in [0.2, 0.25) is 0 Å². The van der Waals surface area contributed by atoms with Crippen LogP contribution in [-0.4, -0.2) is 47.7 Å². The van der Waals surface area contributed by atoms with Crippen molar-refractivity contribution in [1.29, 1.82) is 0 Å². The summed E-state index contributed by atoms with van der Waals surface area (Å²) in [7, 11) is 0. The van der Waals surface area contributed by atoms with Gasteiger partial charge >= 0.3 is 11.9 Å². The number of hydrogen-bond donors (Lipinski definition) is 1. The summed E-state index contributed by atoms with van der Waals surface area (Å²) in [5, 5.41) is 3.23. The molecule has 5 rings (SSSR count). The number of fused-ring (bicyclic) bond motifs is 1. The van der Waals surface area contributed by atoms with Crippen LogP contribution in [0.5, 0.6) is 5.75 Å². The molecule has 0 saturated carbocycles. The van der Waals surface area contributed by atoms with Crippen LogP contribution in [0.25, 0.3) is 0 Å². The lowest BCUT2D eigenvalue weighted by Gasteiger charge is -2.44. The van der Waals surface area contributed by atoms with Crippen molar-refractivity contribution in [3.63, 3.8) is 0 Å². The average molecular weight is 443 g/mol. The molecule has 0 spiro atoms. The van der Waals surface area contributed by atoms with Gasteiger partial charge in [0.15, 0.2) is 5.72 Å². The van der Waals surface area contributed by atoms with E-state index in [9.17, 15) is 9.59 Å². The Morgan fingerprint density at radius 2 is 1.42 bits per heavy atom. The van der Waals surface area contributed by atoms with Crippen LogP contribution in [0.1, 0.15) is 11.1 Å². The smallest absolute Gasteiger partial charge is 0.330 e. The van der Waals surface area contributed by atoms with Gasteiger partial charge in [0.1, 0.15) is 17.8 Å². The minimum absolute atomic E-state index is 0.313. The number of rotatable bonds is 6. The van der Waals surface area contributed by atoms with E-state index in [4.69, 9.17) is 9.47 Å². The lowest BCUT2D eigenvalue weighted by molar-refractivity contribution is -0.163. The molecule has 6 heteroatoms. The molecule has 3 aromatic rings. The second-order valence-electron chi connectivity index (χ2n) is 8.52. The molecule has 0 aromatic heterocycles. The molecule has 3 aromatic carbocycles. The Balaban J connectivity index is 1.53. The highest BCUT2D eigenvalue weighted by molar-refractivity contribution is 5.84. The highest BCUT2D eigenvalue weighted by Crippen LogP contribution is 2.38. The zero-order valence-electron chi connectivity index (χ0n) is 18.2. The predicted octanol–water partition coefficient (Wildman–Crippen LogP) is 2.97. The van der Waals surface area contributed by atoms with E-state index in [1.165, 1.54) is 0 Å². The summed E-state index contributed by atoms with van der Waals surface area (Å²) in [6.07, 6.45) is 0.945. The fourth-order valence-electron chi connectivity index (χ4n) is 4.86. The molecule has 0 radical (unpaired) electrons. The van der Waals surface area contributed by atoms with Crippen molar-refractivity contribution in [2.24, 2.45) is 0 Å². The number of piperazine rings is 1. The van der Waals surface area contributed by atoms with E-state index < -0.39 is 23.8 Å². The monoisotopic (exact) mass is 442 g/mol. The Labute approximate surface area is 193 Å². The molecule has 2 aliphatic rings. The molecule has 33 heavy (non-hydrogen) atoms. The first-order valence-corrected chi connectivity index (χ1v) is 11.2. The Morgan fingerprint density at radius 3 is 2.00 bits per heavy atom. The molecule has 2 fully saturated rings. The lowest BCUT2D eigenvalue weighted by atomic mass is 9.91. The zero-order chi connectivity index (χ0) is 22.7. The van der Waals surface area contributed by atoms with Crippen LogP contribution in [0.2, 0.25) is 0 Å². The minimum atomic E-state index is -0.993. The summed E-state index contributed by atoms with van der Waals surface area (Å²) in [5.74, 6) is -0.235. The molecule has 2 atom stereocenters. The highest BCUT2D eigenvalue weighted by atomic mass is 16.6. The maximum absolute atomic E-state index is 13.3. The van der Waals surface area contributed by atoms with Gasteiger partial charge < -0.3 is 14.8 Å². The predicted molar refractivity (Wildman–Crippen MR) is 123 cm³/mol. The normalized spacial score (nSPS) is 21.8. The Morgan fingerprint density at radius 1 is 0.879 bits per heavy atom. The first-order valence-electron chi connectivity index (χ1n) is 11.2. The van der Waals surface area contributed by atoms with E-state index in [0.29, 0.717) is 31.7 Å². The summed E-state index contributed by atoms with van der Waals surface area (Å²) in [6, 6.07) is 27.7. The van der Waals surface area contributed by atoms with Gasteiger partial charge in [0.25, 0.3) is 0 Å². The molecule has 0 bridgehead atoms. The van der Waals surface area contributed by atoms with Crippen molar-refractivity contribution in [2.45, 2.75) is 30.7 Å². The lowest BCUT2D eigenvalue weighted by Crippen LogP contribution is -2.66. The summed E-state index contributed by atoms with van der Waals surface area (Å²) in [4.78, 5) is 28.4. The maximum atomic E-state index is 13.3. The summed E-state index contributed by atoms with van der Waals surface area (Å²) in [6.45, 7) is 0.809. The van der Waals surface area contributed by atoms with E-state index in [1.807, 2.05) is 83.8 Å². The molecule has 6 nitrogen and oxygen atoms in total. The van der Waals surface area contributed by atoms with Gasteiger partial charge in [-0.15, -0.1) is 0 Å². The molecule has 2 heterocycles. The van der Waals surface area contributed by atoms with Crippen molar-refractivity contribution in [1.82, 2.24) is 10.2 Å². The molecule has 2 saturated heterocycles. The number of nitrogens with zero attached hydrogens (tertiary/aromatic N) is 1. The molecule has 2 unspecified atom stereocenters. The van der Waals surface area contributed by atoms with Crippen LogP contribution in [0.4, 0.5) is 0 Å². The summed E-state index contributed by atoms with van der Waals surface area (Å²) >= 11 is 0. The van der Waals surface area contributed by atoms with Crippen LogP contribution in [0, 0.1) is 0 Å². The standard InChI is InChI=1S/C27H26N2O4/c30-25(32-22-14-8-3-9-15-22)23-18-28-19-24-26(31)33-27(29(23)24,16-20-10-4-1-5-11-20)17-21-12-6-2-7-13-21/h1-15,23-24,28H,16-19H2. The fraction of sp³-hybridized carbons (Fsp3) is 0.259. The van der Waals surface area contributed by atoms with Crippen molar-refractivity contribution < 1.29 is 19.1 Å². The van der Waals surface area contributed by atoms with Gasteiger partial charge in [-0.3, -0.25) is 4.79 Å². The number of nitrogens with one attached hydrogen (secondary N) is 1. The molecule has 2 aliphatic heterocycles. The van der Waals surface area contributed by atoms with Gasteiger partial charge in [-0.2, -0.15) is 0 Å². The second kappa shape index (κ2) is 9.17. The van der Waals surface area contributed by atoms with E-state index in [-0.39, 0.29) is 5.97 Å². The van der Waals surface area contributed by atoms with E-state index >= 15 is 0 Å². The Hall–Kier alpha value is -3.48. The highest BCUT2D eigenvalue weighted by Gasteiger charge is 2.59. The van der Waals surface area contributed by atoms with Gasteiger partial charge in [-0.1, -0.05) is 78.9 Å². The average Bonchev–Trinajstić information content (AvgIpc) is 3.12. The largest absolute Gasteiger partial charge is 0.442 e. The van der Waals surface area contributed by atoms with Crippen LogP contribution in [-0.2, 0) is 27.2 Å². The van der Waals surface area contributed by atoms with Crippen molar-refractivity contribution in [3.05, 3.63) is 102 Å². The van der Waals surface area contributed by atoms with Crippen LogP contribution in [0.15, 0.2) is 91.0 Å². The number of carbonyl (C=O) groups excluding carboxylic acids is 2. The van der Waals surface area contributed by atoms with Gasteiger partial charge in [-0.05, 0) is 23.3 Å². The Bertz CT molecular complexity index is 1060. The van der Waals surface area contributed by atoms with Crippen LogP contribution < -0.4 is 10.1 Å². The van der Waals surface area contributed by atoms with Gasteiger partial charge in [0.05, 0.1) is 0 Å². The topological polar surface area (TPSA) is 67.9 Å². The SMILES string of the molecule is O=C(Oc1ccccc1)C1CNCC2C(=O)OC(Cc3ccccc3)(Cc3ccccc3)N12. The number of carbonyl (C=O) groups is 2. The number of esters is 2. The van der Waals surface area contributed by atoms with Gasteiger partial charge in [0, 0.05) is 25.9 Å². The van der Waals surface area contributed by atoms with E-state index in [2.05, 4.69) is 5.32 Å². The van der Waals surface area contributed by atoms with Crippen molar-refractivity contribution in [2.75, 3.05) is 13.1 Å². The number of benzene rings is 3. The minimum Gasteiger partial charge on any atom is -0.442 e. The maximum Gasteiger partial charge on any atom is 0.330 e. The second-order valence-corrected chi connectivity index (χ2v) is 8.52. The number of para-hydroxylation sites is 1. The number of cyclic esters (lactones) is 1. The Kier molecular flexibility index (Phi) is 5.94. The third-order valence-corrected chi connectivity index (χ3v) is 6.26. The molecule has 0 aliphatic carbocycles. The summed E-state index contributed by atoms with van der Waals surface area (Å²) in [5.41, 5.74) is 1.08. The molecular weight excluding hydrogens is 416 g/mol. The third kappa shape index (κ3) is 4.40. The van der Waals surface area contributed by atoms with Crippen LogP contribution in [0.3, 0.4) is 0 Å². The van der Waals surface area contributed by atoms with E-state index in [0.717, 1.165) is 11.1 Å². The molecular formula is C27H26N2O4. The first kappa shape index (κ1) is 21.4. The van der Waals surface area contributed by atoms with Crippen molar-refractivity contribution in [3.8, 4) is 5.75 Å².